The average Bonchev–Trinajstić information content (AvgIpc) is 2.54. The molecule has 1 aliphatic heterocycles. The fourth-order valence-electron chi connectivity index (χ4n) is 2.12. The summed E-state index contributed by atoms with van der Waals surface area (Å²) in [5, 5.41) is 0. The Bertz CT molecular complexity index is 260. The molecule has 0 bridgehead atoms. The zero-order valence-electron chi connectivity index (χ0n) is 8.65. The number of hydrogen-bond acceptors (Lipinski definition) is 1. The third-order valence-corrected chi connectivity index (χ3v) is 2.99. The Morgan fingerprint density at radius 2 is 2.00 bits per heavy atom. The second-order valence-corrected chi connectivity index (χ2v) is 3.97. The lowest BCUT2D eigenvalue weighted by Gasteiger charge is -2.19. The van der Waals surface area contributed by atoms with Crippen molar-refractivity contribution in [2.75, 3.05) is 13.6 Å². The molecule has 1 unspecified atom stereocenters. The van der Waals surface area contributed by atoms with Gasteiger partial charge in [0, 0.05) is 6.04 Å². The lowest BCUT2D eigenvalue weighted by Crippen LogP contribution is -2.26. The van der Waals surface area contributed by atoms with E-state index < -0.39 is 0 Å². The van der Waals surface area contributed by atoms with Crippen LogP contribution in [0.25, 0.3) is 0 Å². The normalized spacial score (nSPS) is 21.9. The third kappa shape index (κ3) is 2.73. The smallest absolute Gasteiger partial charge is 0.0133 e. The summed E-state index contributed by atoms with van der Waals surface area (Å²) in [5.74, 6) is 0. The zero-order valence-corrected chi connectivity index (χ0v) is 9.46. The van der Waals surface area contributed by atoms with Crippen LogP contribution >= 0.6 is 12.4 Å². The molecule has 1 nitrogen and oxygen atoms in total. The van der Waals surface area contributed by atoms with Gasteiger partial charge >= 0.3 is 0 Å². The van der Waals surface area contributed by atoms with Crippen LogP contribution in [0.4, 0.5) is 0 Å². The maximum Gasteiger partial charge on any atom is 0.0133 e. The topological polar surface area (TPSA) is 3.24 Å². The Hall–Kier alpha value is -0.530. The van der Waals surface area contributed by atoms with Gasteiger partial charge in [-0.2, -0.15) is 0 Å². The number of likely N-dealkylation sites (N-methyl/N-ethyl adjacent to an activating group) is 1. The number of benzene rings is 1. The molecule has 0 aromatic heterocycles. The lowest BCUT2D eigenvalue weighted by atomic mass is 10.0. The standard InChI is InChI=1S/C12H17N.ClH/c1-13-9-5-8-12(13)10-11-6-3-2-4-7-11;/h2-4,6-7,12H,5,8-10H2,1H3;1H. The largest absolute Gasteiger partial charge is 0.303 e. The predicted octanol–water partition coefficient (Wildman–Crippen LogP) is 2.75. The van der Waals surface area contributed by atoms with Gasteiger partial charge in [-0.25, -0.2) is 0 Å². The van der Waals surface area contributed by atoms with Gasteiger partial charge in [-0.1, -0.05) is 30.3 Å². The van der Waals surface area contributed by atoms with Crippen molar-refractivity contribution in [2.24, 2.45) is 0 Å². The van der Waals surface area contributed by atoms with Crippen LogP contribution in [0.5, 0.6) is 0 Å². The highest BCUT2D eigenvalue weighted by atomic mass is 35.5. The van der Waals surface area contributed by atoms with Crippen LogP contribution in [0.3, 0.4) is 0 Å². The van der Waals surface area contributed by atoms with Crippen molar-refractivity contribution in [2.45, 2.75) is 25.3 Å². The Morgan fingerprint density at radius 1 is 1.29 bits per heavy atom. The molecule has 14 heavy (non-hydrogen) atoms. The van der Waals surface area contributed by atoms with Crippen LogP contribution in [-0.4, -0.2) is 24.5 Å². The average molecular weight is 212 g/mol. The highest BCUT2D eigenvalue weighted by Gasteiger charge is 2.20. The Kier molecular flexibility index (Phi) is 4.43. The van der Waals surface area contributed by atoms with Crippen LogP contribution in [0.15, 0.2) is 30.3 Å². The van der Waals surface area contributed by atoms with Gasteiger partial charge in [0.1, 0.15) is 0 Å². The maximum absolute atomic E-state index is 2.48. The van der Waals surface area contributed by atoms with Gasteiger partial charge < -0.3 is 4.90 Å². The van der Waals surface area contributed by atoms with Crippen molar-refractivity contribution in [3.63, 3.8) is 0 Å². The summed E-state index contributed by atoms with van der Waals surface area (Å²) in [6.45, 7) is 1.28. The van der Waals surface area contributed by atoms with E-state index in [1.54, 1.807) is 0 Å². The van der Waals surface area contributed by atoms with Crippen molar-refractivity contribution < 1.29 is 0 Å². The first-order valence-corrected chi connectivity index (χ1v) is 5.10. The van der Waals surface area contributed by atoms with Crippen LogP contribution < -0.4 is 0 Å². The van der Waals surface area contributed by atoms with E-state index in [0.717, 1.165) is 6.04 Å². The number of nitrogens with zero attached hydrogens (tertiary/aromatic N) is 1. The molecule has 1 fully saturated rings. The van der Waals surface area contributed by atoms with Gasteiger partial charge in [0.25, 0.3) is 0 Å². The van der Waals surface area contributed by atoms with Crippen LogP contribution in [0.2, 0.25) is 0 Å². The van der Waals surface area contributed by atoms with E-state index >= 15 is 0 Å². The van der Waals surface area contributed by atoms with Crippen molar-refractivity contribution in [3.05, 3.63) is 35.9 Å². The summed E-state index contributed by atoms with van der Waals surface area (Å²) in [4.78, 5) is 2.48. The summed E-state index contributed by atoms with van der Waals surface area (Å²) in [6.07, 6.45) is 3.96. The summed E-state index contributed by atoms with van der Waals surface area (Å²) in [6, 6.07) is 11.6. The maximum atomic E-state index is 2.48. The first-order chi connectivity index (χ1) is 6.36. The Morgan fingerprint density at radius 3 is 2.57 bits per heavy atom. The van der Waals surface area contributed by atoms with Crippen molar-refractivity contribution in [1.29, 1.82) is 0 Å². The van der Waals surface area contributed by atoms with Gasteiger partial charge in [0.15, 0.2) is 0 Å². The molecule has 0 spiro atoms. The number of halogens is 1. The fraction of sp³-hybridized carbons (Fsp3) is 0.500. The van der Waals surface area contributed by atoms with E-state index in [1.165, 1.54) is 31.4 Å². The molecule has 1 aromatic carbocycles. The van der Waals surface area contributed by atoms with Crippen molar-refractivity contribution >= 4 is 12.4 Å². The minimum Gasteiger partial charge on any atom is -0.303 e. The van der Waals surface area contributed by atoms with Gasteiger partial charge in [-0.3, -0.25) is 0 Å². The van der Waals surface area contributed by atoms with E-state index in [1.807, 2.05) is 0 Å². The molecule has 78 valence electrons. The fourth-order valence-corrected chi connectivity index (χ4v) is 2.12. The second kappa shape index (κ2) is 5.38. The molecule has 2 heteroatoms. The van der Waals surface area contributed by atoms with Gasteiger partial charge in [-0.05, 0) is 38.4 Å². The molecule has 0 saturated carbocycles. The van der Waals surface area contributed by atoms with E-state index in [-0.39, 0.29) is 12.4 Å². The zero-order chi connectivity index (χ0) is 9.10. The molecule has 1 aromatic rings. The lowest BCUT2D eigenvalue weighted by molar-refractivity contribution is 0.309. The van der Waals surface area contributed by atoms with Gasteiger partial charge in [0.05, 0.1) is 0 Å². The molecule has 1 atom stereocenters. The van der Waals surface area contributed by atoms with Crippen LogP contribution in [-0.2, 0) is 6.42 Å². The molecule has 0 amide bonds. The molecule has 0 radical (unpaired) electrons. The molecule has 0 N–H and O–H groups in total. The highest BCUT2D eigenvalue weighted by molar-refractivity contribution is 5.85. The molecule has 2 rings (SSSR count). The molecular formula is C12H18ClN. The molecule has 1 saturated heterocycles. The third-order valence-electron chi connectivity index (χ3n) is 2.99. The molecule has 1 aliphatic rings. The first kappa shape index (κ1) is 11.5. The van der Waals surface area contributed by atoms with Gasteiger partial charge in [-0.15, -0.1) is 12.4 Å². The van der Waals surface area contributed by atoms with Crippen LogP contribution in [0, 0.1) is 0 Å². The van der Waals surface area contributed by atoms with Crippen molar-refractivity contribution in [1.82, 2.24) is 4.90 Å². The van der Waals surface area contributed by atoms with E-state index in [9.17, 15) is 0 Å². The number of likely N-dealkylation sites (tertiary alicyclic amines) is 1. The van der Waals surface area contributed by atoms with E-state index in [2.05, 4.69) is 42.3 Å². The summed E-state index contributed by atoms with van der Waals surface area (Å²) >= 11 is 0. The molecule has 0 aliphatic carbocycles. The van der Waals surface area contributed by atoms with Gasteiger partial charge in [0.2, 0.25) is 0 Å². The van der Waals surface area contributed by atoms with E-state index in [4.69, 9.17) is 0 Å². The Labute approximate surface area is 92.5 Å². The number of rotatable bonds is 2. The number of hydrogen-bond donors (Lipinski definition) is 0. The van der Waals surface area contributed by atoms with Crippen LogP contribution in [0.1, 0.15) is 18.4 Å². The minimum atomic E-state index is 0. The quantitative estimate of drug-likeness (QED) is 0.727. The monoisotopic (exact) mass is 211 g/mol. The summed E-state index contributed by atoms with van der Waals surface area (Å²) in [7, 11) is 2.24. The summed E-state index contributed by atoms with van der Waals surface area (Å²) < 4.78 is 0. The summed E-state index contributed by atoms with van der Waals surface area (Å²) in [5.41, 5.74) is 1.47. The first-order valence-electron chi connectivity index (χ1n) is 5.10. The Balaban J connectivity index is 0.000000980. The SMILES string of the molecule is CN1CCCC1Cc1ccccc1.Cl. The van der Waals surface area contributed by atoms with Crippen molar-refractivity contribution in [3.8, 4) is 0 Å². The minimum absolute atomic E-state index is 0. The highest BCUT2D eigenvalue weighted by Crippen LogP contribution is 2.18. The molecule has 1 heterocycles. The molecular weight excluding hydrogens is 194 g/mol. The second-order valence-electron chi connectivity index (χ2n) is 3.97. The predicted molar refractivity (Wildman–Crippen MR) is 63.0 cm³/mol. The van der Waals surface area contributed by atoms with E-state index in [0.29, 0.717) is 0 Å².